The molecule has 1 aromatic rings. The highest BCUT2D eigenvalue weighted by atomic mass is 19.4. The molecule has 0 unspecified atom stereocenters. The molecular weight excluding hydrogens is 247 g/mol. The van der Waals surface area contributed by atoms with Crippen LogP contribution >= 0.6 is 0 Å². The Bertz CT molecular complexity index is 459. The molecule has 1 aliphatic rings. The maximum atomic E-state index is 12.3. The highest BCUT2D eigenvalue weighted by molar-refractivity contribution is 5.93. The van der Waals surface area contributed by atoms with Crippen LogP contribution in [0.4, 0.5) is 13.2 Å². The van der Waals surface area contributed by atoms with Gasteiger partial charge in [-0.05, 0) is 19.1 Å². The molecule has 1 amide bonds. The lowest BCUT2D eigenvalue weighted by Crippen LogP contribution is -2.66. The van der Waals surface area contributed by atoms with Gasteiger partial charge in [-0.1, -0.05) is 0 Å². The maximum absolute atomic E-state index is 12.3. The number of aromatic nitrogens is 1. The smallest absolute Gasteiger partial charge is 0.334 e. The average Bonchev–Trinajstić information content (AvgIpc) is 2.24. The molecule has 2 heterocycles. The van der Waals surface area contributed by atoms with Gasteiger partial charge in [0, 0.05) is 24.8 Å². The Morgan fingerprint density at radius 3 is 2.44 bits per heavy atom. The average molecular weight is 259 g/mol. The molecule has 98 valence electrons. The molecule has 0 saturated carbocycles. The number of hydrogen-bond acceptors (Lipinski definition) is 3. The van der Waals surface area contributed by atoms with Gasteiger partial charge in [0.25, 0.3) is 5.91 Å². The van der Waals surface area contributed by atoms with Gasteiger partial charge in [-0.15, -0.1) is 0 Å². The number of rotatable bonds is 1. The fourth-order valence-corrected chi connectivity index (χ4v) is 1.82. The Hall–Kier alpha value is -1.63. The summed E-state index contributed by atoms with van der Waals surface area (Å²) in [5, 5.41) is 0. The minimum Gasteiger partial charge on any atom is -0.334 e. The molecule has 18 heavy (non-hydrogen) atoms. The van der Waals surface area contributed by atoms with E-state index in [1.165, 1.54) is 4.90 Å². The quantitative estimate of drug-likeness (QED) is 0.826. The van der Waals surface area contributed by atoms with Crippen LogP contribution in [0.1, 0.15) is 23.0 Å². The predicted octanol–water partition coefficient (Wildman–Crippen LogP) is 1.27. The molecule has 0 radical (unpaired) electrons. The molecular formula is C11H12F3N3O. The molecule has 0 atom stereocenters. The van der Waals surface area contributed by atoms with Crippen LogP contribution in [0, 0.1) is 0 Å². The Morgan fingerprint density at radius 2 is 2.06 bits per heavy atom. The standard InChI is InChI=1S/C11H12F3N3O/c1-10(15)5-17(6-10)9(18)8-3-2-7(4-16-8)11(12,13)14/h2-4H,5-6,15H2,1H3. The van der Waals surface area contributed by atoms with Gasteiger partial charge < -0.3 is 10.6 Å². The van der Waals surface area contributed by atoms with Crippen molar-refractivity contribution >= 4 is 5.91 Å². The number of likely N-dealkylation sites (tertiary alicyclic amines) is 1. The number of nitrogens with two attached hydrogens (primary N) is 1. The molecule has 1 fully saturated rings. The van der Waals surface area contributed by atoms with Gasteiger partial charge in [-0.2, -0.15) is 13.2 Å². The van der Waals surface area contributed by atoms with Crippen LogP contribution in [-0.4, -0.2) is 34.4 Å². The minimum atomic E-state index is -4.44. The number of hydrogen-bond donors (Lipinski definition) is 1. The highest BCUT2D eigenvalue weighted by Gasteiger charge is 2.39. The van der Waals surface area contributed by atoms with Crippen molar-refractivity contribution in [2.24, 2.45) is 5.73 Å². The summed E-state index contributed by atoms with van der Waals surface area (Å²) in [5.74, 6) is -0.397. The summed E-state index contributed by atoms with van der Waals surface area (Å²) in [6.45, 7) is 2.57. The molecule has 2 rings (SSSR count). The number of carbonyl (C=O) groups is 1. The van der Waals surface area contributed by atoms with E-state index in [0.29, 0.717) is 19.3 Å². The molecule has 1 saturated heterocycles. The number of pyridine rings is 1. The van der Waals surface area contributed by atoms with Gasteiger partial charge in [0.1, 0.15) is 5.69 Å². The summed E-state index contributed by atoms with van der Waals surface area (Å²) < 4.78 is 36.9. The third-order valence-electron chi connectivity index (χ3n) is 2.70. The SMILES string of the molecule is CC1(N)CN(C(=O)c2ccc(C(F)(F)F)cn2)C1. The molecule has 1 aliphatic heterocycles. The van der Waals surface area contributed by atoms with Gasteiger partial charge in [-0.3, -0.25) is 9.78 Å². The molecule has 0 aromatic carbocycles. The van der Waals surface area contributed by atoms with Crippen molar-refractivity contribution in [2.75, 3.05) is 13.1 Å². The van der Waals surface area contributed by atoms with Crippen molar-refractivity contribution in [1.82, 2.24) is 9.88 Å². The zero-order valence-electron chi connectivity index (χ0n) is 9.66. The summed E-state index contributed by atoms with van der Waals surface area (Å²) in [4.78, 5) is 16.8. The Balaban J connectivity index is 2.09. The van der Waals surface area contributed by atoms with Gasteiger partial charge in [-0.25, -0.2) is 0 Å². The third-order valence-corrected chi connectivity index (χ3v) is 2.70. The molecule has 7 heteroatoms. The summed E-state index contributed by atoms with van der Waals surface area (Å²) in [6.07, 6.45) is -3.78. The fourth-order valence-electron chi connectivity index (χ4n) is 1.82. The first-order chi connectivity index (χ1) is 8.19. The predicted molar refractivity (Wildman–Crippen MR) is 57.7 cm³/mol. The van der Waals surface area contributed by atoms with Crippen molar-refractivity contribution in [1.29, 1.82) is 0 Å². The van der Waals surface area contributed by atoms with Crippen molar-refractivity contribution < 1.29 is 18.0 Å². The largest absolute Gasteiger partial charge is 0.417 e. The van der Waals surface area contributed by atoms with Crippen LogP contribution < -0.4 is 5.73 Å². The van der Waals surface area contributed by atoms with Crippen molar-refractivity contribution in [3.05, 3.63) is 29.6 Å². The first-order valence-electron chi connectivity index (χ1n) is 5.30. The fraction of sp³-hybridized carbons (Fsp3) is 0.455. The lowest BCUT2D eigenvalue weighted by molar-refractivity contribution is -0.137. The summed E-state index contributed by atoms with van der Waals surface area (Å²) >= 11 is 0. The normalized spacial score (nSPS) is 18.4. The Labute approximate surface area is 102 Å². The van der Waals surface area contributed by atoms with Crippen LogP contribution in [0.5, 0.6) is 0 Å². The second-order valence-electron chi connectivity index (χ2n) is 4.75. The molecule has 2 N–H and O–H groups in total. The van der Waals surface area contributed by atoms with E-state index in [9.17, 15) is 18.0 Å². The summed E-state index contributed by atoms with van der Waals surface area (Å²) in [5.41, 5.74) is 4.46. The van der Waals surface area contributed by atoms with Gasteiger partial charge >= 0.3 is 6.18 Å². The van der Waals surface area contributed by atoms with Gasteiger partial charge in [0.05, 0.1) is 5.56 Å². The lowest BCUT2D eigenvalue weighted by atomic mass is 9.93. The summed E-state index contributed by atoms with van der Waals surface area (Å²) in [6, 6.07) is 1.93. The van der Waals surface area contributed by atoms with E-state index in [4.69, 9.17) is 5.73 Å². The van der Waals surface area contributed by atoms with E-state index in [1.807, 2.05) is 0 Å². The van der Waals surface area contributed by atoms with Crippen molar-refractivity contribution in [2.45, 2.75) is 18.6 Å². The number of carbonyl (C=O) groups excluding carboxylic acids is 1. The molecule has 0 spiro atoms. The summed E-state index contributed by atoms with van der Waals surface area (Å²) in [7, 11) is 0. The second kappa shape index (κ2) is 3.94. The number of nitrogens with zero attached hydrogens (tertiary/aromatic N) is 2. The third kappa shape index (κ3) is 2.45. The van der Waals surface area contributed by atoms with Crippen molar-refractivity contribution in [3.63, 3.8) is 0 Å². The lowest BCUT2D eigenvalue weighted by Gasteiger charge is -2.45. The second-order valence-corrected chi connectivity index (χ2v) is 4.75. The van der Waals surface area contributed by atoms with Crippen LogP contribution in [0.3, 0.4) is 0 Å². The van der Waals surface area contributed by atoms with E-state index in [0.717, 1.165) is 12.1 Å². The molecule has 0 bridgehead atoms. The van der Waals surface area contributed by atoms with Crippen LogP contribution in [0.2, 0.25) is 0 Å². The van der Waals surface area contributed by atoms with E-state index < -0.39 is 23.2 Å². The number of halogens is 3. The Morgan fingerprint density at radius 1 is 1.44 bits per heavy atom. The van der Waals surface area contributed by atoms with E-state index in [1.54, 1.807) is 6.92 Å². The molecule has 0 aliphatic carbocycles. The van der Waals surface area contributed by atoms with Crippen LogP contribution in [0.25, 0.3) is 0 Å². The first-order valence-corrected chi connectivity index (χ1v) is 5.30. The van der Waals surface area contributed by atoms with Crippen molar-refractivity contribution in [3.8, 4) is 0 Å². The van der Waals surface area contributed by atoms with Gasteiger partial charge in [0.2, 0.25) is 0 Å². The zero-order valence-corrected chi connectivity index (χ0v) is 9.66. The zero-order chi connectivity index (χ0) is 13.6. The number of alkyl halides is 3. The van der Waals surface area contributed by atoms with E-state index in [2.05, 4.69) is 4.98 Å². The first kappa shape index (κ1) is 12.8. The molecule has 1 aromatic heterocycles. The van der Waals surface area contributed by atoms with E-state index >= 15 is 0 Å². The highest BCUT2D eigenvalue weighted by Crippen LogP contribution is 2.28. The van der Waals surface area contributed by atoms with E-state index in [-0.39, 0.29) is 5.69 Å². The molecule has 4 nitrogen and oxygen atoms in total. The van der Waals surface area contributed by atoms with Gasteiger partial charge in [0.15, 0.2) is 0 Å². The number of amides is 1. The maximum Gasteiger partial charge on any atom is 0.417 e. The van der Waals surface area contributed by atoms with Crippen LogP contribution in [-0.2, 0) is 6.18 Å². The minimum absolute atomic E-state index is 0.00139. The van der Waals surface area contributed by atoms with Crippen LogP contribution in [0.15, 0.2) is 18.3 Å². The Kier molecular flexibility index (Phi) is 2.81. The monoisotopic (exact) mass is 259 g/mol. The topological polar surface area (TPSA) is 59.2 Å².